The molecular formula is C77H130N2O7P+. The van der Waals surface area contributed by atoms with Gasteiger partial charge in [-0.2, -0.15) is 0 Å². The summed E-state index contributed by atoms with van der Waals surface area (Å²) in [5, 5.41) is 3.05. The van der Waals surface area contributed by atoms with E-state index in [-0.39, 0.29) is 31.5 Å². The van der Waals surface area contributed by atoms with E-state index in [2.05, 4.69) is 172 Å². The van der Waals surface area contributed by atoms with Crippen LogP contribution in [0.3, 0.4) is 0 Å². The van der Waals surface area contributed by atoms with Gasteiger partial charge in [0.15, 0.2) is 0 Å². The Bertz CT molecular complexity index is 2050. The summed E-state index contributed by atoms with van der Waals surface area (Å²) in [4.78, 5) is 37.9. The number of quaternary nitrogens is 1. The van der Waals surface area contributed by atoms with Crippen LogP contribution in [0.1, 0.15) is 265 Å². The zero-order valence-corrected chi connectivity index (χ0v) is 57.3. The SMILES string of the molecule is CC/C=C\C/C=C\C/C=C\C/C=C\C/C=C\C/C=C\CCCCCCCCC(=O)NC(COP(=O)(O)OCC[N+](C)(C)C)C(/C=C/CCCCCCCCCCCCC)OC(=O)CCCCCC/C=C\C/C=C\C/C=C\C/C=C\C/C=C\C/C=C\CC. The number of phosphoric ester groups is 1. The first kappa shape index (κ1) is 82.6. The average Bonchev–Trinajstić information content (AvgIpc) is 3.70. The second-order valence-corrected chi connectivity index (χ2v) is 25.4. The molecule has 0 aliphatic heterocycles. The summed E-state index contributed by atoms with van der Waals surface area (Å²) in [7, 11) is 1.45. The molecule has 0 aromatic heterocycles. The first-order chi connectivity index (χ1) is 42.4. The van der Waals surface area contributed by atoms with Gasteiger partial charge in [0.1, 0.15) is 19.3 Å². The number of hydrogen-bond donors (Lipinski definition) is 2. The van der Waals surface area contributed by atoms with Crippen molar-refractivity contribution >= 4 is 19.7 Å². The average molecular weight is 1230 g/mol. The molecule has 0 aliphatic rings. The van der Waals surface area contributed by atoms with Crippen LogP contribution < -0.4 is 5.32 Å². The fourth-order valence-electron chi connectivity index (χ4n) is 9.18. The van der Waals surface area contributed by atoms with Crippen LogP contribution in [0.2, 0.25) is 0 Å². The van der Waals surface area contributed by atoms with Crippen LogP contribution in [-0.2, 0) is 27.9 Å². The lowest BCUT2D eigenvalue weighted by Gasteiger charge is -2.27. The van der Waals surface area contributed by atoms with Crippen LogP contribution in [0.5, 0.6) is 0 Å². The van der Waals surface area contributed by atoms with Gasteiger partial charge in [-0.3, -0.25) is 18.6 Å². The van der Waals surface area contributed by atoms with E-state index < -0.39 is 20.0 Å². The molecule has 0 aromatic rings. The Morgan fingerprint density at radius 3 is 1.10 bits per heavy atom. The predicted molar refractivity (Wildman–Crippen MR) is 378 cm³/mol. The number of likely N-dealkylation sites (N-methyl/N-ethyl adjacent to an activating group) is 1. The Morgan fingerprint density at radius 1 is 0.414 bits per heavy atom. The third kappa shape index (κ3) is 65.9. The number of nitrogens with zero attached hydrogens (tertiary/aromatic N) is 1. The van der Waals surface area contributed by atoms with E-state index in [0.29, 0.717) is 23.9 Å². The summed E-state index contributed by atoms with van der Waals surface area (Å²) >= 11 is 0. The lowest BCUT2D eigenvalue weighted by atomic mass is 10.0. The van der Waals surface area contributed by atoms with Crippen LogP contribution in [0.25, 0.3) is 0 Å². The molecule has 0 bridgehead atoms. The molecule has 0 fully saturated rings. The fourth-order valence-corrected chi connectivity index (χ4v) is 9.92. The summed E-state index contributed by atoms with van der Waals surface area (Å²) in [6, 6.07) is -0.882. The molecule has 0 heterocycles. The maximum absolute atomic E-state index is 13.6. The summed E-state index contributed by atoms with van der Waals surface area (Å²) in [6.45, 7) is 6.75. The van der Waals surface area contributed by atoms with Gasteiger partial charge in [-0.1, -0.05) is 275 Å². The number of nitrogens with one attached hydrogen (secondary N) is 1. The van der Waals surface area contributed by atoms with Gasteiger partial charge in [-0.15, -0.1) is 0 Å². The van der Waals surface area contributed by atoms with E-state index in [1.165, 1.54) is 57.8 Å². The molecule has 0 radical (unpaired) electrons. The minimum Gasteiger partial charge on any atom is -0.456 e. The predicted octanol–water partition coefficient (Wildman–Crippen LogP) is 22.3. The number of hydrogen-bond acceptors (Lipinski definition) is 6. The molecule has 0 saturated heterocycles. The first-order valence-electron chi connectivity index (χ1n) is 34.8. The van der Waals surface area contributed by atoms with Crippen molar-refractivity contribution in [2.45, 2.75) is 277 Å². The third-order valence-corrected chi connectivity index (χ3v) is 15.4. The van der Waals surface area contributed by atoms with E-state index in [1.54, 1.807) is 0 Å². The van der Waals surface area contributed by atoms with Gasteiger partial charge in [0.25, 0.3) is 0 Å². The molecule has 0 spiro atoms. The highest BCUT2D eigenvalue weighted by atomic mass is 31.2. The molecule has 0 rings (SSSR count). The highest BCUT2D eigenvalue weighted by Crippen LogP contribution is 2.43. The van der Waals surface area contributed by atoms with Crippen molar-refractivity contribution in [2.75, 3.05) is 40.9 Å². The summed E-state index contributed by atoms with van der Waals surface area (Å²) < 4.78 is 30.8. The molecule has 2 N–H and O–H groups in total. The van der Waals surface area contributed by atoms with E-state index >= 15 is 0 Å². The first-order valence-corrected chi connectivity index (χ1v) is 36.3. The van der Waals surface area contributed by atoms with Crippen LogP contribution in [0.15, 0.2) is 158 Å². The topological polar surface area (TPSA) is 111 Å². The zero-order chi connectivity index (χ0) is 63.5. The van der Waals surface area contributed by atoms with Crippen LogP contribution in [-0.4, -0.2) is 74.3 Å². The van der Waals surface area contributed by atoms with Gasteiger partial charge in [-0.25, -0.2) is 4.57 Å². The maximum Gasteiger partial charge on any atom is 0.472 e. The Hall–Kier alpha value is -4.37. The summed E-state index contributed by atoms with van der Waals surface area (Å²) in [5.41, 5.74) is 0. The molecular weight excluding hydrogens is 1100 g/mol. The number of esters is 1. The van der Waals surface area contributed by atoms with Gasteiger partial charge in [0.2, 0.25) is 5.91 Å². The van der Waals surface area contributed by atoms with Crippen LogP contribution in [0, 0.1) is 0 Å². The van der Waals surface area contributed by atoms with Gasteiger partial charge in [0.05, 0.1) is 33.8 Å². The highest BCUT2D eigenvalue weighted by Gasteiger charge is 2.30. The molecule has 494 valence electrons. The second-order valence-electron chi connectivity index (χ2n) is 23.9. The molecule has 3 unspecified atom stereocenters. The van der Waals surface area contributed by atoms with E-state index in [1.807, 2.05) is 33.3 Å². The molecule has 9 nitrogen and oxygen atoms in total. The van der Waals surface area contributed by atoms with Crippen LogP contribution in [0.4, 0.5) is 0 Å². The number of carbonyl (C=O) groups is 2. The number of amides is 1. The van der Waals surface area contributed by atoms with E-state index in [9.17, 15) is 19.0 Å². The lowest BCUT2D eigenvalue weighted by Crippen LogP contribution is -2.47. The smallest absolute Gasteiger partial charge is 0.456 e. The Morgan fingerprint density at radius 2 is 0.736 bits per heavy atom. The molecule has 87 heavy (non-hydrogen) atoms. The number of rotatable bonds is 61. The standard InChI is InChI=1S/C77H129N2O7P/c1-7-10-13-16-19-22-25-28-30-32-34-36-38-39-41-42-44-46-48-51-54-57-60-63-66-69-76(80)78-74(73-85-87(82,83)84-72-71-79(4,5)6)75(68-65-62-59-56-53-50-27-24-21-18-15-12-9-3)86-77(81)70-67-64-61-58-55-52-49-47-45-43-40-37-35-33-31-29-26-23-20-17-14-11-8-2/h10-11,13-14,19-20,22-23,28-31,34-37,39,41,43-46,49,52,65,68,74-75H,7-9,12,15-18,21,24-27,32-33,38,40,42,47-48,50-51,53-64,66-67,69-73H2,1-6H3,(H-,78,80,82,83)/p+1/b13-10-,14-11-,22-19-,23-20-,30-28-,31-29-,36-34-,37-35-,41-39-,45-43-,46-44-,52-49-,68-65+. The number of phosphoric acid groups is 1. The van der Waals surface area contributed by atoms with Gasteiger partial charge < -0.3 is 19.4 Å². The fraction of sp³-hybridized carbons (Fsp3) is 0.636. The third-order valence-electron chi connectivity index (χ3n) is 14.5. The van der Waals surface area contributed by atoms with E-state index in [0.717, 1.165) is 167 Å². The lowest BCUT2D eigenvalue weighted by molar-refractivity contribution is -0.870. The minimum absolute atomic E-state index is 0.0233. The largest absolute Gasteiger partial charge is 0.472 e. The Balaban J connectivity index is 5.26. The quantitative estimate of drug-likeness (QED) is 0.0205. The van der Waals surface area contributed by atoms with Crippen molar-refractivity contribution in [1.29, 1.82) is 0 Å². The van der Waals surface area contributed by atoms with E-state index in [4.69, 9.17) is 13.8 Å². The Labute approximate surface area is 535 Å². The molecule has 1 amide bonds. The highest BCUT2D eigenvalue weighted by molar-refractivity contribution is 7.47. The zero-order valence-electron chi connectivity index (χ0n) is 56.4. The molecule has 0 aromatic carbocycles. The molecule has 3 atom stereocenters. The number of ether oxygens (including phenoxy) is 1. The molecule has 0 aliphatic carbocycles. The van der Waals surface area contributed by atoms with Gasteiger partial charge in [-0.05, 0) is 134 Å². The maximum atomic E-state index is 13.6. The minimum atomic E-state index is -4.48. The summed E-state index contributed by atoms with van der Waals surface area (Å²) in [5.74, 6) is -0.561. The van der Waals surface area contributed by atoms with Crippen molar-refractivity contribution in [3.63, 3.8) is 0 Å². The summed E-state index contributed by atoms with van der Waals surface area (Å²) in [6.07, 6.45) is 95.3. The van der Waals surface area contributed by atoms with Crippen molar-refractivity contribution in [3.8, 4) is 0 Å². The monoisotopic (exact) mass is 1230 g/mol. The molecule has 10 heteroatoms. The van der Waals surface area contributed by atoms with Crippen molar-refractivity contribution in [2.24, 2.45) is 0 Å². The Kier molecular flexibility index (Phi) is 61.4. The second kappa shape index (κ2) is 64.6. The van der Waals surface area contributed by atoms with Crippen molar-refractivity contribution in [3.05, 3.63) is 158 Å². The number of allylic oxidation sites excluding steroid dienone is 25. The van der Waals surface area contributed by atoms with Crippen molar-refractivity contribution < 1.29 is 37.3 Å². The number of unbranched alkanes of at least 4 members (excludes halogenated alkanes) is 21. The number of carbonyl (C=O) groups excluding carboxylic acids is 2. The van der Waals surface area contributed by atoms with Crippen molar-refractivity contribution in [1.82, 2.24) is 5.32 Å². The molecule has 0 saturated carbocycles. The van der Waals surface area contributed by atoms with Crippen LogP contribution >= 0.6 is 7.82 Å². The normalized spacial score (nSPS) is 14.5. The van der Waals surface area contributed by atoms with Gasteiger partial charge in [0, 0.05) is 12.8 Å². The van der Waals surface area contributed by atoms with Gasteiger partial charge >= 0.3 is 13.8 Å².